The zero-order valence-electron chi connectivity index (χ0n) is 22.4. The summed E-state index contributed by atoms with van der Waals surface area (Å²) in [4.78, 5) is 45.3. The third-order valence-corrected chi connectivity index (χ3v) is 9.09. The number of thiophene rings is 1. The molecule has 0 radical (unpaired) electrons. The molecule has 0 saturated carbocycles. The van der Waals surface area contributed by atoms with E-state index < -0.39 is 5.97 Å². The Morgan fingerprint density at radius 1 is 1.00 bits per heavy atom. The van der Waals surface area contributed by atoms with Crippen LogP contribution in [0.5, 0.6) is 0 Å². The second-order valence-electron chi connectivity index (χ2n) is 9.53. The van der Waals surface area contributed by atoms with E-state index in [0.717, 1.165) is 22.4 Å². The van der Waals surface area contributed by atoms with Gasteiger partial charge in [0, 0.05) is 17.1 Å². The Hall–Kier alpha value is -4.21. The number of carbonyl (C=O) groups is 2. The van der Waals surface area contributed by atoms with E-state index in [4.69, 9.17) is 9.72 Å². The Kier molecular flexibility index (Phi) is 7.71. The third kappa shape index (κ3) is 5.30. The number of rotatable bonds is 8. The standard InChI is InChI=1S/C32H27N3O4S2/c1-2-39-31(38)27-24-17-16-20-10-6-7-13-22(20)28(24)41-29(27)34-26(36)18-19-40-32-33-25-15-9-8-14-23(25)30(37)35(32)21-11-4-3-5-12-21/h3-15H,2,16-19H2,1H3,(H,34,36). The molecular formula is C32H27N3O4S2. The van der Waals surface area contributed by atoms with Crippen molar-refractivity contribution in [1.29, 1.82) is 0 Å². The first-order chi connectivity index (χ1) is 20.0. The zero-order chi connectivity index (χ0) is 28.3. The molecule has 0 spiro atoms. The average Bonchev–Trinajstić information content (AvgIpc) is 3.36. The van der Waals surface area contributed by atoms with Crippen molar-refractivity contribution in [3.8, 4) is 16.1 Å². The number of amides is 1. The predicted molar refractivity (Wildman–Crippen MR) is 164 cm³/mol. The van der Waals surface area contributed by atoms with E-state index in [9.17, 15) is 14.4 Å². The minimum Gasteiger partial charge on any atom is -0.462 e. The van der Waals surface area contributed by atoms with Crippen molar-refractivity contribution in [2.24, 2.45) is 0 Å². The fourth-order valence-electron chi connectivity index (χ4n) is 5.09. The van der Waals surface area contributed by atoms with Crippen LogP contribution in [0.3, 0.4) is 0 Å². The van der Waals surface area contributed by atoms with E-state index in [1.807, 2.05) is 60.7 Å². The molecule has 41 heavy (non-hydrogen) atoms. The number of fused-ring (bicyclic) bond motifs is 4. The minimum atomic E-state index is -0.415. The number of carbonyl (C=O) groups excluding carboxylic acids is 2. The number of aryl methyl sites for hydroxylation is 1. The zero-order valence-corrected chi connectivity index (χ0v) is 24.0. The summed E-state index contributed by atoms with van der Waals surface area (Å²) in [5.74, 6) is -0.239. The number of ether oxygens (including phenoxy) is 1. The summed E-state index contributed by atoms with van der Waals surface area (Å²) < 4.78 is 6.97. The van der Waals surface area contributed by atoms with Crippen LogP contribution in [0.1, 0.15) is 34.8 Å². The normalized spacial score (nSPS) is 12.0. The number of esters is 1. The quantitative estimate of drug-likeness (QED) is 0.128. The summed E-state index contributed by atoms with van der Waals surface area (Å²) in [5.41, 5.74) is 4.89. The van der Waals surface area contributed by atoms with Crippen molar-refractivity contribution in [1.82, 2.24) is 9.55 Å². The smallest absolute Gasteiger partial charge is 0.341 e. The van der Waals surface area contributed by atoms with Gasteiger partial charge in [0.25, 0.3) is 5.56 Å². The van der Waals surface area contributed by atoms with E-state index in [2.05, 4.69) is 17.4 Å². The van der Waals surface area contributed by atoms with Gasteiger partial charge < -0.3 is 10.1 Å². The maximum atomic E-state index is 13.4. The van der Waals surface area contributed by atoms with Crippen LogP contribution in [0.15, 0.2) is 88.8 Å². The van der Waals surface area contributed by atoms with Crippen LogP contribution in [0.25, 0.3) is 27.0 Å². The van der Waals surface area contributed by atoms with Gasteiger partial charge in [-0.3, -0.25) is 14.2 Å². The van der Waals surface area contributed by atoms with Gasteiger partial charge in [-0.1, -0.05) is 66.4 Å². The molecule has 1 amide bonds. The molecular weight excluding hydrogens is 555 g/mol. The molecule has 0 aliphatic heterocycles. The number of thioether (sulfide) groups is 1. The molecule has 2 heterocycles. The highest BCUT2D eigenvalue weighted by molar-refractivity contribution is 7.99. The van der Waals surface area contributed by atoms with Crippen molar-refractivity contribution in [3.63, 3.8) is 0 Å². The van der Waals surface area contributed by atoms with E-state index in [-0.39, 0.29) is 24.5 Å². The van der Waals surface area contributed by atoms with Gasteiger partial charge in [-0.2, -0.15) is 0 Å². The lowest BCUT2D eigenvalue weighted by atomic mass is 9.89. The summed E-state index contributed by atoms with van der Waals surface area (Å²) in [7, 11) is 0. The van der Waals surface area contributed by atoms with Crippen LogP contribution >= 0.6 is 23.1 Å². The third-order valence-electron chi connectivity index (χ3n) is 6.97. The van der Waals surface area contributed by atoms with E-state index in [1.165, 1.54) is 28.7 Å². The van der Waals surface area contributed by atoms with Crippen molar-refractivity contribution >= 4 is 50.9 Å². The summed E-state index contributed by atoms with van der Waals surface area (Å²) in [6.45, 7) is 2.03. The Morgan fingerprint density at radius 3 is 2.59 bits per heavy atom. The molecule has 1 N–H and O–H groups in total. The van der Waals surface area contributed by atoms with Gasteiger partial charge in [0.05, 0.1) is 28.8 Å². The number of para-hydroxylation sites is 2. The predicted octanol–water partition coefficient (Wildman–Crippen LogP) is 6.51. The Morgan fingerprint density at radius 2 is 1.76 bits per heavy atom. The Bertz CT molecular complexity index is 1830. The van der Waals surface area contributed by atoms with Crippen LogP contribution < -0.4 is 10.9 Å². The van der Waals surface area contributed by atoms with E-state index >= 15 is 0 Å². The van der Waals surface area contributed by atoms with Gasteiger partial charge in [0.15, 0.2) is 5.16 Å². The molecule has 3 aromatic carbocycles. The molecule has 0 bridgehead atoms. The van der Waals surface area contributed by atoms with E-state index in [1.54, 1.807) is 17.6 Å². The van der Waals surface area contributed by atoms with Crippen LogP contribution in [-0.2, 0) is 22.4 Å². The van der Waals surface area contributed by atoms with Crippen LogP contribution in [0.4, 0.5) is 5.00 Å². The van der Waals surface area contributed by atoms with Crippen molar-refractivity contribution in [3.05, 3.63) is 106 Å². The SMILES string of the molecule is CCOC(=O)c1c(NC(=O)CCSc2nc3ccccc3c(=O)n2-c2ccccc2)sc2c1CCc1ccccc1-2. The van der Waals surface area contributed by atoms with E-state index in [0.29, 0.717) is 44.5 Å². The van der Waals surface area contributed by atoms with Crippen LogP contribution in [0, 0.1) is 0 Å². The van der Waals surface area contributed by atoms with Gasteiger partial charge in [0.2, 0.25) is 5.91 Å². The molecule has 0 unspecified atom stereocenters. The highest BCUT2D eigenvalue weighted by Gasteiger charge is 2.29. The average molecular weight is 582 g/mol. The summed E-state index contributed by atoms with van der Waals surface area (Å²) in [6, 6.07) is 24.8. The molecule has 5 aromatic rings. The molecule has 7 nitrogen and oxygen atoms in total. The summed E-state index contributed by atoms with van der Waals surface area (Å²) >= 11 is 2.77. The number of hydrogen-bond acceptors (Lipinski definition) is 7. The topological polar surface area (TPSA) is 90.3 Å². The first kappa shape index (κ1) is 27.0. The fraction of sp³-hybridized carbons (Fsp3) is 0.188. The Balaban J connectivity index is 1.24. The monoisotopic (exact) mass is 581 g/mol. The molecule has 0 saturated heterocycles. The highest BCUT2D eigenvalue weighted by atomic mass is 32.2. The highest BCUT2D eigenvalue weighted by Crippen LogP contribution is 2.45. The lowest BCUT2D eigenvalue weighted by molar-refractivity contribution is -0.115. The number of hydrogen-bond donors (Lipinski definition) is 1. The maximum Gasteiger partial charge on any atom is 0.341 e. The number of anilines is 1. The lowest BCUT2D eigenvalue weighted by Gasteiger charge is -2.16. The summed E-state index contributed by atoms with van der Waals surface area (Å²) in [5, 5.41) is 4.56. The molecule has 206 valence electrons. The van der Waals surface area contributed by atoms with Crippen molar-refractivity contribution in [2.75, 3.05) is 17.7 Å². The maximum absolute atomic E-state index is 13.4. The second kappa shape index (κ2) is 11.7. The first-order valence-corrected chi connectivity index (χ1v) is 15.3. The summed E-state index contributed by atoms with van der Waals surface area (Å²) in [6.07, 6.45) is 1.72. The number of nitrogens with zero attached hydrogens (tertiary/aromatic N) is 2. The molecule has 2 aromatic heterocycles. The number of aromatic nitrogens is 2. The van der Waals surface area contributed by atoms with Gasteiger partial charge in [-0.05, 0) is 60.7 Å². The lowest BCUT2D eigenvalue weighted by Crippen LogP contribution is -2.22. The number of benzene rings is 3. The van der Waals surface area contributed by atoms with Gasteiger partial charge >= 0.3 is 5.97 Å². The molecule has 0 atom stereocenters. The van der Waals surface area contributed by atoms with Crippen molar-refractivity contribution in [2.45, 2.75) is 31.3 Å². The first-order valence-electron chi connectivity index (χ1n) is 13.5. The van der Waals surface area contributed by atoms with Crippen molar-refractivity contribution < 1.29 is 14.3 Å². The molecule has 0 fully saturated rings. The van der Waals surface area contributed by atoms with Gasteiger partial charge in [-0.15, -0.1) is 11.3 Å². The molecule has 1 aliphatic carbocycles. The fourth-order valence-corrected chi connectivity index (χ4v) is 7.35. The second-order valence-corrected chi connectivity index (χ2v) is 11.6. The minimum absolute atomic E-state index is 0.155. The van der Waals surface area contributed by atoms with Crippen LogP contribution in [-0.4, -0.2) is 33.8 Å². The van der Waals surface area contributed by atoms with Crippen LogP contribution in [0.2, 0.25) is 0 Å². The van der Waals surface area contributed by atoms with Gasteiger partial charge in [-0.25, -0.2) is 9.78 Å². The number of nitrogens with one attached hydrogen (secondary N) is 1. The largest absolute Gasteiger partial charge is 0.462 e. The molecule has 6 rings (SSSR count). The van der Waals surface area contributed by atoms with Gasteiger partial charge in [0.1, 0.15) is 5.00 Å². The Labute approximate surface area is 245 Å². The molecule has 9 heteroatoms. The molecule has 1 aliphatic rings.